The summed E-state index contributed by atoms with van der Waals surface area (Å²) in [6, 6.07) is 10.5. The molecule has 4 nitrogen and oxygen atoms in total. The topological polar surface area (TPSA) is 43.8 Å². The SMILES string of the molecule is CC(C)(C)N(C(=O)O)[C@@H]1CCCN(Cc2ccccc2)C1. The van der Waals surface area contributed by atoms with Gasteiger partial charge in [0.1, 0.15) is 0 Å². The van der Waals surface area contributed by atoms with Crippen LogP contribution in [0.15, 0.2) is 30.3 Å². The highest BCUT2D eigenvalue weighted by atomic mass is 16.4. The van der Waals surface area contributed by atoms with Crippen LogP contribution in [0.5, 0.6) is 0 Å². The van der Waals surface area contributed by atoms with Gasteiger partial charge in [0.25, 0.3) is 0 Å². The molecule has 1 aliphatic rings. The molecule has 1 atom stereocenters. The quantitative estimate of drug-likeness (QED) is 0.927. The molecule has 0 spiro atoms. The van der Waals surface area contributed by atoms with Crippen LogP contribution < -0.4 is 0 Å². The third-order valence-corrected chi connectivity index (χ3v) is 4.02. The molecule has 1 aromatic carbocycles. The second-order valence-electron chi connectivity index (χ2n) is 6.84. The minimum absolute atomic E-state index is 0.0833. The van der Waals surface area contributed by atoms with Crippen molar-refractivity contribution < 1.29 is 9.90 Å². The fourth-order valence-electron chi connectivity index (χ4n) is 3.22. The van der Waals surface area contributed by atoms with Crippen LogP contribution >= 0.6 is 0 Å². The van der Waals surface area contributed by atoms with Crippen molar-refractivity contribution in [2.75, 3.05) is 13.1 Å². The van der Waals surface area contributed by atoms with Gasteiger partial charge >= 0.3 is 6.09 Å². The van der Waals surface area contributed by atoms with Crippen LogP contribution in [0.3, 0.4) is 0 Å². The molecule has 2 rings (SSSR count). The number of hydrogen-bond donors (Lipinski definition) is 1. The van der Waals surface area contributed by atoms with E-state index in [4.69, 9.17) is 0 Å². The van der Waals surface area contributed by atoms with Crippen molar-refractivity contribution in [3.63, 3.8) is 0 Å². The zero-order valence-corrected chi connectivity index (χ0v) is 13.2. The van der Waals surface area contributed by atoms with Gasteiger partial charge in [-0.25, -0.2) is 4.79 Å². The number of amides is 1. The van der Waals surface area contributed by atoms with Gasteiger partial charge in [-0.1, -0.05) is 30.3 Å². The number of piperidine rings is 1. The summed E-state index contributed by atoms with van der Waals surface area (Å²) in [6.45, 7) is 8.67. The maximum absolute atomic E-state index is 11.6. The van der Waals surface area contributed by atoms with Gasteiger partial charge in [-0.15, -0.1) is 0 Å². The molecule has 0 bridgehead atoms. The monoisotopic (exact) mass is 290 g/mol. The van der Waals surface area contributed by atoms with Crippen molar-refractivity contribution in [3.05, 3.63) is 35.9 Å². The molecule has 0 saturated carbocycles. The summed E-state index contributed by atoms with van der Waals surface area (Å²) in [5.74, 6) is 0. The molecule has 0 aliphatic carbocycles. The standard InChI is InChI=1S/C17H26N2O2/c1-17(2,3)19(16(20)21)15-10-7-11-18(13-15)12-14-8-5-4-6-9-14/h4-6,8-9,15H,7,10-13H2,1-3H3,(H,20,21)/t15-/m1/s1. The molecule has 0 unspecified atom stereocenters. The lowest BCUT2D eigenvalue weighted by molar-refractivity contribution is 0.0347. The largest absolute Gasteiger partial charge is 0.465 e. The Labute approximate surface area is 127 Å². The molecule has 1 aromatic rings. The Kier molecular flexibility index (Phi) is 4.88. The van der Waals surface area contributed by atoms with Gasteiger partial charge in [0.05, 0.1) is 0 Å². The molecule has 1 N–H and O–H groups in total. The third kappa shape index (κ3) is 4.21. The molecule has 0 aromatic heterocycles. The smallest absolute Gasteiger partial charge is 0.408 e. The van der Waals surface area contributed by atoms with Crippen molar-refractivity contribution >= 4 is 6.09 Å². The van der Waals surface area contributed by atoms with Crippen molar-refractivity contribution in [1.82, 2.24) is 9.80 Å². The van der Waals surface area contributed by atoms with Gasteiger partial charge in [0, 0.05) is 24.7 Å². The van der Waals surface area contributed by atoms with Crippen LogP contribution in [0.1, 0.15) is 39.2 Å². The van der Waals surface area contributed by atoms with Crippen LogP contribution in [0.25, 0.3) is 0 Å². The van der Waals surface area contributed by atoms with Crippen LogP contribution in [0.4, 0.5) is 4.79 Å². The summed E-state index contributed by atoms with van der Waals surface area (Å²) in [5.41, 5.74) is 0.933. The van der Waals surface area contributed by atoms with E-state index in [2.05, 4.69) is 29.2 Å². The number of carboxylic acid groups (broad SMARTS) is 1. The molecular weight excluding hydrogens is 264 g/mol. The summed E-state index contributed by atoms with van der Waals surface area (Å²) in [5, 5.41) is 9.54. The average Bonchev–Trinajstić information content (AvgIpc) is 2.38. The molecule has 116 valence electrons. The number of hydrogen-bond acceptors (Lipinski definition) is 2. The Morgan fingerprint density at radius 2 is 2.00 bits per heavy atom. The number of rotatable bonds is 3. The van der Waals surface area contributed by atoms with E-state index >= 15 is 0 Å². The van der Waals surface area contributed by atoms with Crippen LogP contribution in [0.2, 0.25) is 0 Å². The van der Waals surface area contributed by atoms with Gasteiger partial charge in [0.15, 0.2) is 0 Å². The van der Waals surface area contributed by atoms with E-state index in [0.29, 0.717) is 0 Å². The van der Waals surface area contributed by atoms with E-state index in [1.54, 1.807) is 4.90 Å². The van der Waals surface area contributed by atoms with Gasteiger partial charge in [-0.3, -0.25) is 9.80 Å². The normalized spacial score (nSPS) is 20.2. The highest BCUT2D eigenvalue weighted by Gasteiger charge is 2.35. The van der Waals surface area contributed by atoms with Crippen LogP contribution in [-0.4, -0.2) is 45.7 Å². The molecule has 4 heteroatoms. The van der Waals surface area contributed by atoms with Crippen LogP contribution in [-0.2, 0) is 6.54 Å². The van der Waals surface area contributed by atoms with Gasteiger partial charge in [-0.05, 0) is 45.7 Å². The fraction of sp³-hybridized carbons (Fsp3) is 0.588. The molecule has 1 fully saturated rings. The fourth-order valence-corrected chi connectivity index (χ4v) is 3.22. The second kappa shape index (κ2) is 6.48. The first kappa shape index (κ1) is 15.8. The van der Waals surface area contributed by atoms with E-state index < -0.39 is 6.09 Å². The van der Waals surface area contributed by atoms with Crippen molar-refractivity contribution in [1.29, 1.82) is 0 Å². The predicted molar refractivity (Wildman–Crippen MR) is 84.4 cm³/mol. The first-order valence-electron chi connectivity index (χ1n) is 7.66. The lowest BCUT2D eigenvalue weighted by Gasteiger charge is -2.44. The van der Waals surface area contributed by atoms with E-state index in [-0.39, 0.29) is 11.6 Å². The number of benzene rings is 1. The molecule has 1 amide bonds. The highest BCUT2D eigenvalue weighted by molar-refractivity contribution is 5.66. The molecule has 1 heterocycles. The predicted octanol–water partition coefficient (Wildman–Crippen LogP) is 3.43. The van der Waals surface area contributed by atoms with Crippen molar-refractivity contribution in [2.24, 2.45) is 0 Å². The number of carbonyl (C=O) groups is 1. The third-order valence-electron chi connectivity index (χ3n) is 4.02. The minimum atomic E-state index is -0.811. The van der Waals surface area contributed by atoms with Crippen molar-refractivity contribution in [3.8, 4) is 0 Å². The van der Waals surface area contributed by atoms with Crippen LogP contribution in [0, 0.1) is 0 Å². The Morgan fingerprint density at radius 3 is 2.57 bits per heavy atom. The first-order valence-corrected chi connectivity index (χ1v) is 7.66. The summed E-state index contributed by atoms with van der Waals surface area (Å²) >= 11 is 0. The lowest BCUT2D eigenvalue weighted by Crippen LogP contribution is -2.56. The Hall–Kier alpha value is -1.55. The summed E-state index contributed by atoms with van der Waals surface area (Å²) in [6.07, 6.45) is 1.20. The van der Waals surface area contributed by atoms with E-state index in [0.717, 1.165) is 32.5 Å². The molecule has 21 heavy (non-hydrogen) atoms. The van der Waals surface area contributed by atoms with E-state index in [9.17, 15) is 9.90 Å². The maximum Gasteiger partial charge on any atom is 0.408 e. The minimum Gasteiger partial charge on any atom is -0.465 e. The molecule has 1 saturated heterocycles. The zero-order chi connectivity index (χ0) is 15.5. The molecule has 0 radical (unpaired) electrons. The molecule has 1 aliphatic heterocycles. The second-order valence-corrected chi connectivity index (χ2v) is 6.84. The average molecular weight is 290 g/mol. The van der Waals surface area contributed by atoms with E-state index in [1.165, 1.54) is 5.56 Å². The molecular formula is C17H26N2O2. The van der Waals surface area contributed by atoms with Gasteiger partial charge < -0.3 is 5.11 Å². The lowest BCUT2D eigenvalue weighted by atomic mass is 9.97. The Morgan fingerprint density at radius 1 is 1.33 bits per heavy atom. The number of nitrogens with zero attached hydrogens (tertiary/aromatic N) is 2. The Balaban J connectivity index is 2.04. The summed E-state index contributed by atoms with van der Waals surface area (Å²) < 4.78 is 0. The summed E-state index contributed by atoms with van der Waals surface area (Å²) in [7, 11) is 0. The van der Waals surface area contributed by atoms with E-state index in [1.807, 2.05) is 26.8 Å². The Bertz CT molecular complexity index is 467. The highest BCUT2D eigenvalue weighted by Crippen LogP contribution is 2.24. The number of likely N-dealkylation sites (tertiary alicyclic amines) is 1. The van der Waals surface area contributed by atoms with Gasteiger partial charge in [-0.2, -0.15) is 0 Å². The maximum atomic E-state index is 11.6. The summed E-state index contributed by atoms with van der Waals surface area (Å²) in [4.78, 5) is 15.6. The van der Waals surface area contributed by atoms with Crippen molar-refractivity contribution in [2.45, 2.75) is 51.7 Å². The first-order chi connectivity index (χ1) is 9.88. The zero-order valence-electron chi connectivity index (χ0n) is 13.2. The van der Waals surface area contributed by atoms with Gasteiger partial charge in [0.2, 0.25) is 0 Å².